The van der Waals surface area contributed by atoms with Gasteiger partial charge in [-0.2, -0.15) is 31.6 Å². The Hall–Kier alpha value is -1.99. The van der Waals surface area contributed by atoms with Crippen LogP contribution in [0.15, 0.2) is 18.2 Å². The van der Waals surface area contributed by atoms with E-state index >= 15 is 0 Å². The molecule has 0 aliphatic rings. The van der Waals surface area contributed by atoms with Crippen LogP contribution in [0, 0.1) is 11.3 Å². The molecular formula is C10H10F3N3O3S. The van der Waals surface area contributed by atoms with Crippen LogP contribution in [0.4, 0.5) is 18.9 Å². The molecule has 20 heavy (non-hydrogen) atoms. The Bertz CT molecular complexity index is 623. The Labute approximate surface area is 113 Å². The quantitative estimate of drug-likeness (QED) is 0.859. The third kappa shape index (κ3) is 4.94. The molecule has 0 bridgehead atoms. The standard InChI is InChI=1S/C10H10F3N3O3S/c1-19-9-4-7(5-14)2-3-8(9)16-20(17,18)15-6-10(11,12)13/h2-4,15-16H,6H2,1H3. The molecule has 0 amide bonds. The zero-order chi connectivity index (χ0) is 15.4. The maximum absolute atomic E-state index is 12.0. The largest absolute Gasteiger partial charge is 0.495 e. The van der Waals surface area contributed by atoms with Crippen LogP contribution in [0.5, 0.6) is 5.75 Å². The fourth-order valence-electron chi connectivity index (χ4n) is 1.20. The van der Waals surface area contributed by atoms with Crippen LogP contribution in [0.2, 0.25) is 0 Å². The lowest BCUT2D eigenvalue weighted by molar-refractivity contribution is -0.121. The van der Waals surface area contributed by atoms with Crippen molar-refractivity contribution in [2.24, 2.45) is 0 Å². The van der Waals surface area contributed by atoms with Gasteiger partial charge in [0.2, 0.25) is 0 Å². The summed E-state index contributed by atoms with van der Waals surface area (Å²) >= 11 is 0. The summed E-state index contributed by atoms with van der Waals surface area (Å²) in [6, 6.07) is 5.58. The van der Waals surface area contributed by atoms with Crippen molar-refractivity contribution in [2.75, 3.05) is 18.4 Å². The summed E-state index contributed by atoms with van der Waals surface area (Å²) in [5.41, 5.74) is 0.134. The van der Waals surface area contributed by atoms with Crippen LogP contribution < -0.4 is 14.2 Å². The molecule has 0 aromatic heterocycles. The third-order valence-corrected chi connectivity index (χ3v) is 3.05. The molecule has 0 saturated heterocycles. The molecule has 1 aromatic rings. The predicted molar refractivity (Wildman–Crippen MR) is 64.3 cm³/mol. The first kappa shape index (κ1) is 16.1. The van der Waals surface area contributed by atoms with Gasteiger partial charge in [0.15, 0.2) is 0 Å². The second kappa shape index (κ2) is 5.98. The molecule has 0 unspecified atom stereocenters. The van der Waals surface area contributed by atoms with Crippen LogP contribution in [-0.4, -0.2) is 28.2 Å². The number of nitrogens with one attached hydrogen (secondary N) is 2. The van der Waals surface area contributed by atoms with E-state index in [1.165, 1.54) is 30.0 Å². The van der Waals surface area contributed by atoms with E-state index < -0.39 is 22.9 Å². The molecule has 0 radical (unpaired) electrons. The zero-order valence-electron chi connectivity index (χ0n) is 10.2. The topological polar surface area (TPSA) is 91.2 Å². The van der Waals surface area contributed by atoms with E-state index in [1.807, 2.05) is 10.8 Å². The van der Waals surface area contributed by atoms with E-state index in [2.05, 4.69) is 0 Å². The van der Waals surface area contributed by atoms with Crippen LogP contribution in [0.1, 0.15) is 5.56 Å². The first-order valence-electron chi connectivity index (χ1n) is 5.09. The molecule has 0 spiro atoms. The van der Waals surface area contributed by atoms with Crippen molar-refractivity contribution in [1.29, 1.82) is 5.26 Å². The summed E-state index contributed by atoms with van der Waals surface area (Å²) in [6.07, 6.45) is -4.66. The lowest BCUT2D eigenvalue weighted by Crippen LogP contribution is -2.37. The highest BCUT2D eigenvalue weighted by Crippen LogP contribution is 2.26. The summed E-state index contributed by atoms with van der Waals surface area (Å²) in [7, 11) is -3.17. The lowest BCUT2D eigenvalue weighted by Gasteiger charge is -2.13. The highest BCUT2D eigenvalue weighted by atomic mass is 32.2. The van der Waals surface area contributed by atoms with E-state index in [0.29, 0.717) is 0 Å². The fourth-order valence-corrected chi connectivity index (χ4v) is 2.09. The fraction of sp³-hybridized carbons (Fsp3) is 0.300. The smallest absolute Gasteiger partial charge is 0.402 e. The SMILES string of the molecule is COc1cc(C#N)ccc1NS(=O)(=O)NCC(F)(F)F. The average molecular weight is 309 g/mol. The van der Waals surface area contributed by atoms with Gasteiger partial charge in [0, 0.05) is 6.07 Å². The normalized spacial score (nSPS) is 11.8. The van der Waals surface area contributed by atoms with E-state index in [0.717, 1.165) is 0 Å². The molecule has 110 valence electrons. The van der Waals surface area contributed by atoms with Crippen molar-refractivity contribution >= 4 is 15.9 Å². The highest BCUT2D eigenvalue weighted by Gasteiger charge is 2.29. The van der Waals surface area contributed by atoms with Gasteiger partial charge in [-0.15, -0.1) is 0 Å². The molecule has 1 rings (SSSR count). The van der Waals surface area contributed by atoms with Gasteiger partial charge in [-0.1, -0.05) is 0 Å². The molecule has 0 aliphatic carbocycles. The maximum atomic E-state index is 12.0. The zero-order valence-corrected chi connectivity index (χ0v) is 11.0. The Kier molecular flexibility index (Phi) is 4.80. The lowest BCUT2D eigenvalue weighted by atomic mass is 10.2. The number of hydrogen-bond acceptors (Lipinski definition) is 4. The molecule has 0 heterocycles. The first-order chi connectivity index (χ1) is 9.17. The van der Waals surface area contributed by atoms with Crippen LogP contribution >= 0.6 is 0 Å². The number of benzene rings is 1. The van der Waals surface area contributed by atoms with Crippen molar-refractivity contribution in [1.82, 2.24) is 4.72 Å². The van der Waals surface area contributed by atoms with Gasteiger partial charge >= 0.3 is 6.18 Å². The summed E-state index contributed by atoms with van der Waals surface area (Å²) < 4.78 is 66.8. The van der Waals surface area contributed by atoms with Crippen LogP contribution in [0.25, 0.3) is 0 Å². The molecule has 0 saturated carbocycles. The molecule has 6 nitrogen and oxygen atoms in total. The molecule has 0 atom stereocenters. The van der Waals surface area contributed by atoms with Gasteiger partial charge in [0.25, 0.3) is 10.2 Å². The first-order valence-corrected chi connectivity index (χ1v) is 6.57. The number of nitrogens with zero attached hydrogens (tertiary/aromatic N) is 1. The Morgan fingerprint density at radius 1 is 1.40 bits per heavy atom. The molecular weight excluding hydrogens is 299 g/mol. The van der Waals surface area contributed by atoms with Crippen molar-refractivity contribution in [3.8, 4) is 11.8 Å². The number of alkyl halides is 3. The van der Waals surface area contributed by atoms with Gasteiger partial charge in [-0.3, -0.25) is 4.72 Å². The van der Waals surface area contributed by atoms with Crippen molar-refractivity contribution in [3.63, 3.8) is 0 Å². The van der Waals surface area contributed by atoms with Crippen LogP contribution in [0.3, 0.4) is 0 Å². The minimum atomic E-state index is -4.66. The van der Waals surface area contributed by atoms with Gasteiger partial charge in [0.1, 0.15) is 12.3 Å². The van der Waals surface area contributed by atoms with Gasteiger partial charge in [-0.05, 0) is 12.1 Å². The van der Waals surface area contributed by atoms with E-state index in [1.54, 1.807) is 0 Å². The Morgan fingerprint density at radius 3 is 2.55 bits per heavy atom. The van der Waals surface area contributed by atoms with Crippen molar-refractivity contribution in [2.45, 2.75) is 6.18 Å². The van der Waals surface area contributed by atoms with Gasteiger partial charge < -0.3 is 4.74 Å². The number of methoxy groups -OCH3 is 1. The number of ether oxygens (including phenoxy) is 1. The molecule has 10 heteroatoms. The summed E-state index contributed by atoms with van der Waals surface area (Å²) in [5, 5.41) is 8.67. The minimum Gasteiger partial charge on any atom is -0.495 e. The number of anilines is 1. The van der Waals surface area contributed by atoms with E-state index in [9.17, 15) is 21.6 Å². The van der Waals surface area contributed by atoms with E-state index in [4.69, 9.17) is 10.00 Å². The number of nitriles is 1. The molecule has 0 fully saturated rings. The van der Waals surface area contributed by atoms with Gasteiger partial charge in [-0.25, -0.2) is 0 Å². The number of halogens is 3. The number of hydrogen-bond donors (Lipinski definition) is 2. The Morgan fingerprint density at radius 2 is 2.05 bits per heavy atom. The average Bonchev–Trinajstić information content (AvgIpc) is 2.36. The predicted octanol–water partition coefficient (Wildman–Crippen LogP) is 1.38. The second-order valence-electron chi connectivity index (χ2n) is 3.57. The highest BCUT2D eigenvalue weighted by molar-refractivity contribution is 7.90. The number of rotatable bonds is 5. The van der Waals surface area contributed by atoms with Crippen molar-refractivity contribution < 1.29 is 26.3 Å². The summed E-state index contributed by atoms with van der Waals surface area (Å²) in [6.45, 7) is -1.69. The monoisotopic (exact) mass is 309 g/mol. The third-order valence-electron chi connectivity index (χ3n) is 2.04. The summed E-state index contributed by atoms with van der Waals surface area (Å²) in [5.74, 6) is 0.0152. The van der Waals surface area contributed by atoms with Crippen LogP contribution in [-0.2, 0) is 10.2 Å². The second-order valence-corrected chi connectivity index (χ2v) is 5.07. The molecule has 2 N–H and O–H groups in total. The molecule has 1 aromatic carbocycles. The van der Waals surface area contributed by atoms with E-state index in [-0.39, 0.29) is 17.0 Å². The maximum Gasteiger partial charge on any atom is 0.402 e. The minimum absolute atomic E-state index is 0.0152. The summed E-state index contributed by atoms with van der Waals surface area (Å²) in [4.78, 5) is 0. The Balaban J connectivity index is 2.90. The van der Waals surface area contributed by atoms with Gasteiger partial charge in [0.05, 0.1) is 24.4 Å². The molecule has 0 aliphatic heterocycles. The van der Waals surface area contributed by atoms with Crippen molar-refractivity contribution in [3.05, 3.63) is 23.8 Å².